The molecule has 2 saturated heterocycles. The minimum Gasteiger partial charge on any atom is -0.480 e. The molecule has 2 unspecified atom stereocenters. The van der Waals surface area contributed by atoms with Gasteiger partial charge in [0, 0.05) is 25.6 Å². The van der Waals surface area contributed by atoms with Crippen LogP contribution in [0, 0.1) is 29.4 Å². The normalized spacial score (nSPS) is 24.8. The van der Waals surface area contributed by atoms with E-state index in [2.05, 4.69) is 26.6 Å². The average molecular weight is 531 g/mol. The Morgan fingerprint density at radius 2 is 1.86 bits per heavy atom. The van der Waals surface area contributed by atoms with Crippen LogP contribution in [0.1, 0.15) is 68.4 Å². The first-order valence-electron chi connectivity index (χ1n) is 14.1. The second kappa shape index (κ2) is 12.4. The maximum atomic E-state index is 13.5. The van der Waals surface area contributed by atoms with Gasteiger partial charge in [0.05, 0.1) is 0 Å². The Morgan fingerprint density at radius 3 is 2.51 bits per heavy atom. The summed E-state index contributed by atoms with van der Waals surface area (Å²) < 4.78 is 26.6. The topological polar surface area (TPSA) is 43.8 Å². The molecule has 3 heterocycles. The number of hydrogen-bond donors (Lipinski definition) is 1. The van der Waals surface area contributed by atoms with E-state index < -0.39 is 17.6 Å². The van der Waals surface area contributed by atoms with Crippen molar-refractivity contribution in [2.24, 2.45) is 17.8 Å². The molecule has 1 aromatic heterocycles. The molecule has 37 heavy (non-hydrogen) atoms. The number of thiophene rings is 1. The van der Waals surface area contributed by atoms with Gasteiger partial charge < -0.3 is 10.0 Å². The highest BCUT2D eigenvalue weighted by Gasteiger charge is 2.41. The Morgan fingerprint density at radius 1 is 1.05 bits per heavy atom. The summed E-state index contributed by atoms with van der Waals surface area (Å²) in [6, 6.07) is 6.12. The lowest BCUT2D eigenvalue weighted by atomic mass is 9.80. The van der Waals surface area contributed by atoms with Crippen molar-refractivity contribution in [2.45, 2.75) is 69.7 Å². The summed E-state index contributed by atoms with van der Waals surface area (Å²) >= 11 is 1.73. The van der Waals surface area contributed by atoms with Crippen LogP contribution in [0.3, 0.4) is 0 Å². The third-order valence-corrected chi connectivity index (χ3v) is 9.91. The van der Waals surface area contributed by atoms with Gasteiger partial charge in [-0.15, -0.1) is 0 Å². The molecule has 4 nitrogen and oxygen atoms in total. The monoisotopic (exact) mass is 530 g/mol. The number of halogens is 2. The van der Waals surface area contributed by atoms with Crippen molar-refractivity contribution in [3.63, 3.8) is 0 Å². The molecular formula is C30H40F2N2O2S. The summed E-state index contributed by atoms with van der Waals surface area (Å²) in [5, 5.41) is 14.4. The van der Waals surface area contributed by atoms with Gasteiger partial charge in [-0.25, -0.2) is 8.78 Å². The third kappa shape index (κ3) is 6.79. The van der Waals surface area contributed by atoms with E-state index in [1.165, 1.54) is 49.8 Å². The van der Waals surface area contributed by atoms with Crippen LogP contribution in [0.4, 0.5) is 8.78 Å². The number of aryl methyl sites for hydroxylation is 1. The van der Waals surface area contributed by atoms with Gasteiger partial charge in [-0.05, 0) is 103 Å². The van der Waals surface area contributed by atoms with E-state index >= 15 is 0 Å². The molecular weight excluding hydrogens is 490 g/mol. The van der Waals surface area contributed by atoms with Crippen LogP contribution in [0.15, 0.2) is 35.0 Å². The van der Waals surface area contributed by atoms with Crippen molar-refractivity contribution in [3.8, 4) is 0 Å². The molecule has 1 aliphatic carbocycles. The number of nitrogens with zero attached hydrogens (tertiary/aromatic N) is 2. The zero-order chi connectivity index (χ0) is 25.8. The molecule has 0 spiro atoms. The second-order valence-electron chi connectivity index (χ2n) is 11.6. The summed E-state index contributed by atoms with van der Waals surface area (Å²) in [5.41, 5.74) is 2.25. The van der Waals surface area contributed by atoms with Crippen molar-refractivity contribution in [3.05, 3.63) is 57.8 Å². The fraction of sp³-hybridized carbons (Fsp3) is 0.633. The first-order chi connectivity index (χ1) is 18.0. The minimum absolute atomic E-state index is 0.350. The molecule has 3 fully saturated rings. The average Bonchev–Trinajstić information content (AvgIpc) is 3.52. The molecule has 3 aliphatic rings. The Hall–Kier alpha value is -1.83. The van der Waals surface area contributed by atoms with Crippen LogP contribution in [-0.2, 0) is 11.2 Å². The fourth-order valence-electron chi connectivity index (χ4n) is 6.74. The van der Waals surface area contributed by atoms with Crippen molar-refractivity contribution < 1.29 is 18.7 Å². The van der Waals surface area contributed by atoms with E-state index in [1.807, 2.05) is 0 Å². The van der Waals surface area contributed by atoms with Gasteiger partial charge in [-0.2, -0.15) is 11.3 Å². The first-order valence-corrected chi connectivity index (χ1v) is 15.1. The smallest absolute Gasteiger partial charge is 0.320 e. The van der Waals surface area contributed by atoms with Gasteiger partial charge in [0.2, 0.25) is 0 Å². The highest BCUT2D eigenvalue weighted by atomic mass is 32.1. The van der Waals surface area contributed by atoms with Gasteiger partial charge in [0.1, 0.15) is 6.04 Å². The number of benzene rings is 1. The largest absolute Gasteiger partial charge is 0.480 e. The number of hydrogen-bond acceptors (Lipinski definition) is 4. The van der Waals surface area contributed by atoms with Crippen molar-refractivity contribution in [2.75, 3.05) is 32.7 Å². The number of piperidine rings is 1. The van der Waals surface area contributed by atoms with Gasteiger partial charge in [0.15, 0.2) is 11.6 Å². The van der Waals surface area contributed by atoms with E-state index in [1.54, 1.807) is 17.4 Å². The molecule has 0 radical (unpaired) electrons. The SMILES string of the molecule is O=C(O)[C@@H](CC1CCC1)N1CC(CN2CCC(CCCc3ccc(F)c(F)c3)CC2)C(c2ccsc2)C1. The third-order valence-electron chi connectivity index (χ3n) is 9.21. The Bertz CT molecular complexity index is 1020. The maximum absolute atomic E-state index is 13.5. The lowest BCUT2D eigenvalue weighted by molar-refractivity contribution is -0.144. The van der Waals surface area contributed by atoms with E-state index in [-0.39, 0.29) is 6.04 Å². The fourth-order valence-corrected chi connectivity index (χ4v) is 7.46. The number of carboxylic acid groups (broad SMARTS) is 1. The summed E-state index contributed by atoms with van der Waals surface area (Å²) in [4.78, 5) is 17.1. The first kappa shape index (κ1) is 26.8. The molecule has 1 N–H and O–H groups in total. The zero-order valence-corrected chi connectivity index (χ0v) is 22.5. The van der Waals surface area contributed by atoms with E-state index in [4.69, 9.17) is 0 Å². The summed E-state index contributed by atoms with van der Waals surface area (Å²) in [6.07, 6.45) is 9.70. The number of likely N-dealkylation sites (tertiary alicyclic amines) is 2. The Kier molecular flexibility index (Phi) is 8.93. The molecule has 0 bridgehead atoms. The van der Waals surface area contributed by atoms with Crippen molar-refractivity contribution in [1.29, 1.82) is 0 Å². The number of carboxylic acids is 1. The second-order valence-corrected chi connectivity index (χ2v) is 12.4. The standard InChI is InChI=1S/C30H40F2N2O2S/c31-27-8-7-23(15-28(27)32)6-1-3-21-9-12-33(13-10-21)17-25-18-34(19-26(25)24-11-14-37-20-24)29(30(35)36)16-22-4-2-5-22/h7-8,11,14-15,20-22,25-26,29H,1-6,9-10,12-13,16-19H2,(H,35,36)/t25?,26?,29-/m1/s1. The van der Waals surface area contributed by atoms with E-state index in [0.29, 0.717) is 23.7 Å². The molecule has 1 saturated carbocycles. The Balaban J connectivity index is 1.12. The quantitative estimate of drug-likeness (QED) is 0.364. The van der Waals surface area contributed by atoms with Crippen LogP contribution in [0.25, 0.3) is 0 Å². The number of carbonyl (C=O) groups is 1. The van der Waals surface area contributed by atoms with Crippen LogP contribution in [-0.4, -0.2) is 59.6 Å². The molecule has 7 heteroatoms. The highest BCUT2D eigenvalue weighted by Crippen LogP contribution is 2.39. The Labute approximate surface area is 223 Å². The summed E-state index contributed by atoms with van der Waals surface area (Å²) in [5.74, 6) is -0.0461. The minimum atomic E-state index is -0.778. The van der Waals surface area contributed by atoms with E-state index in [0.717, 1.165) is 64.0 Å². The molecule has 2 aromatic rings. The lowest BCUT2D eigenvalue weighted by Crippen LogP contribution is -2.43. The predicted octanol–water partition coefficient (Wildman–Crippen LogP) is 6.42. The van der Waals surface area contributed by atoms with Gasteiger partial charge >= 0.3 is 5.97 Å². The van der Waals surface area contributed by atoms with Crippen molar-refractivity contribution in [1.82, 2.24) is 9.80 Å². The number of rotatable bonds is 11. The van der Waals surface area contributed by atoms with Gasteiger partial charge in [-0.3, -0.25) is 9.69 Å². The molecule has 5 rings (SSSR count). The van der Waals surface area contributed by atoms with Crippen LogP contribution in [0.5, 0.6) is 0 Å². The summed E-state index contributed by atoms with van der Waals surface area (Å²) in [7, 11) is 0. The highest BCUT2D eigenvalue weighted by molar-refractivity contribution is 7.08. The molecule has 1 aromatic carbocycles. The molecule has 202 valence electrons. The van der Waals surface area contributed by atoms with Gasteiger partial charge in [-0.1, -0.05) is 31.7 Å². The predicted molar refractivity (Wildman–Crippen MR) is 144 cm³/mol. The zero-order valence-electron chi connectivity index (χ0n) is 21.7. The van der Waals surface area contributed by atoms with Gasteiger partial charge in [0.25, 0.3) is 0 Å². The number of aliphatic carboxylic acids is 1. The van der Waals surface area contributed by atoms with Crippen LogP contribution < -0.4 is 0 Å². The molecule has 0 amide bonds. The maximum Gasteiger partial charge on any atom is 0.320 e. The van der Waals surface area contributed by atoms with E-state index in [9.17, 15) is 18.7 Å². The molecule has 3 atom stereocenters. The molecule has 2 aliphatic heterocycles. The summed E-state index contributed by atoms with van der Waals surface area (Å²) in [6.45, 7) is 4.94. The van der Waals surface area contributed by atoms with Crippen LogP contribution in [0.2, 0.25) is 0 Å². The van der Waals surface area contributed by atoms with Crippen molar-refractivity contribution >= 4 is 17.3 Å². The lowest BCUT2D eigenvalue weighted by Gasteiger charge is -2.35. The van der Waals surface area contributed by atoms with Crippen LogP contribution >= 0.6 is 11.3 Å².